The molecule has 1 fully saturated rings. The maximum Gasteiger partial charge on any atom is 0.166 e. The van der Waals surface area contributed by atoms with Crippen molar-refractivity contribution in [1.82, 2.24) is 0 Å². The summed E-state index contributed by atoms with van der Waals surface area (Å²) in [6.07, 6.45) is 6.23. The van der Waals surface area contributed by atoms with E-state index in [1.807, 2.05) is 0 Å². The second-order valence-corrected chi connectivity index (χ2v) is 4.59. The minimum absolute atomic E-state index is 0.0709. The predicted molar refractivity (Wildman–Crippen MR) is 69.1 cm³/mol. The van der Waals surface area contributed by atoms with Crippen molar-refractivity contribution in [1.29, 1.82) is 0 Å². The molecular formula is C15H16O3. The monoisotopic (exact) mass is 244 g/mol. The maximum atomic E-state index is 11.9. The normalized spacial score (nSPS) is 20.2. The van der Waals surface area contributed by atoms with Gasteiger partial charge in [-0.15, -0.1) is 0 Å². The lowest BCUT2D eigenvalue weighted by Gasteiger charge is -2.17. The maximum absolute atomic E-state index is 11.9. The summed E-state index contributed by atoms with van der Waals surface area (Å²) in [6, 6.07) is 6.58. The Morgan fingerprint density at radius 3 is 2.61 bits per heavy atom. The molecule has 0 aromatic heterocycles. The van der Waals surface area contributed by atoms with Crippen molar-refractivity contribution < 1.29 is 14.7 Å². The highest BCUT2D eigenvalue weighted by Crippen LogP contribution is 2.22. The van der Waals surface area contributed by atoms with E-state index in [1.165, 1.54) is 6.08 Å². The molecule has 1 N–H and O–H groups in total. The average molecular weight is 244 g/mol. The third-order valence-electron chi connectivity index (χ3n) is 3.23. The molecule has 3 nitrogen and oxygen atoms in total. The third kappa shape index (κ3) is 3.06. The topological polar surface area (TPSA) is 54.4 Å². The van der Waals surface area contributed by atoms with Gasteiger partial charge in [-0.3, -0.25) is 9.59 Å². The largest absolute Gasteiger partial charge is 0.508 e. The number of hydrogen-bond acceptors (Lipinski definition) is 3. The first-order valence-electron chi connectivity index (χ1n) is 6.20. The van der Waals surface area contributed by atoms with Crippen LogP contribution in [0.5, 0.6) is 5.75 Å². The highest BCUT2D eigenvalue weighted by atomic mass is 16.3. The van der Waals surface area contributed by atoms with Crippen molar-refractivity contribution in [3.63, 3.8) is 0 Å². The fourth-order valence-electron chi connectivity index (χ4n) is 2.16. The standard InChI is InChI=1S/C15H16O3/c16-12-8-5-11(6-9-12)7-10-15(18)13-3-1-2-4-14(13)17/h5-10,13,16H,1-4H2/b10-7+. The van der Waals surface area contributed by atoms with Crippen LogP contribution in [-0.4, -0.2) is 16.7 Å². The fraction of sp³-hybridized carbons (Fsp3) is 0.333. The second-order valence-electron chi connectivity index (χ2n) is 4.59. The van der Waals surface area contributed by atoms with Crippen molar-refractivity contribution >= 4 is 17.6 Å². The first kappa shape index (κ1) is 12.6. The molecule has 1 saturated carbocycles. The lowest BCUT2D eigenvalue weighted by atomic mass is 9.85. The molecule has 0 radical (unpaired) electrons. The van der Waals surface area contributed by atoms with Gasteiger partial charge in [-0.05, 0) is 36.6 Å². The molecular weight excluding hydrogens is 228 g/mol. The highest BCUT2D eigenvalue weighted by Gasteiger charge is 2.26. The SMILES string of the molecule is O=C(/C=C/c1ccc(O)cc1)C1CCCCC1=O. The Kier molecular flexibility index (Phi) is 3.92. The summed E-state index contributed by atoms with van der Waals surface area (Å²) in [7, 11) is 0. The van der Waals surface area contributed by atoms with Crippen LogP contribution in [0.25, 0.3) is 6.08 Å². The Labute approximate surface area is 106 Å². The molecule has 1 aliphatic rings. The van der Waals surface area contributed by atoms with E-state index in [4.69, 9.17) is 5.11 Å². The number of hydrogen-bond donors (Lipinski definition) is 1. The molecule has 0 heterocycles. The summed E-state index contributed by atoms with van der Waals surface area (Å²) in [5, 5.41) is 9.14. The van der Waals surface area contributed by atoms with Gasteiger partial charge >= 0.3 is 0 Å². The molecule has 1 atom stereocenters. The zero-order chi connectivity index (χ0) is 13.0. The van der Waals surface area contributed by atoms with Crippen LogP contribution in [-0.2, 0) is 9.59 Å². The molecule has 1 aromatic rings. The van der Waals surface area contributed by atoms with Crippen molar-refractivity contribution in [3.05, 3.63) is 35.9 Å². The van der Waals surface area contributed by atoms with E-state index >= 15 is 0 Å². The van der Waals surface area contributed by atoms with Crippen molar-refractivity contribution in [2.24, 2.45) is 5.92 Å². The Hall–Kier alpha value is -1.90. The summed E-state index contributed by atoms with van der Waals surface area (Å²) in [5.41, 5.74) is 0.837. The Morgan fingerprint density at radius 1 is 1.22 bits per heavy atom. The summed E-state index contributed by atoms with van der Waals surface area (Å²) in [4.78, 5) is 23.5. The molecule has 3 heteroatoms. The zero-order valence-electron chi connectivity index (χ0n) is 10.1. The number of carbonyl (C=O) groups excluding carboxylic acids is 2. The number of benzene rings is 1. The summed E-state index contributed by atoms with van der Waals surface area (Å²) in [5.74, 6) is -0.276. The molecule has 0 amide bonds. The van der Waals surface area contributed by atoms with Crippen LogP contribution >= 0.6 is 0 Å². The van der Waals surface area contributed by atoms with Crippen LogP contribution in [0.4, 0.5) is 0 Å². The van der Waals surface area contributed by atoms with E-state index in [2.05, 4.69) is 0 Å². The van der Waals surface area contributed by atoms with E-state index < -0.39 is 5.92 Å². The van der Waals surface area contributed by atoms with Gasteiger partial charge in [-0.2, -0.15) is 0 Å². The molecule has 0 saturated heterocycles. The molecule has 1 unspecified atom stereocenters. The van der Waals surface area contributed by atoms with Gasteiger partial charge in [0.05, 0.1) is 5.92 Å². The molecule has 0 bridgehead atoms. The fourth-order valence-corrected chi connectivity index (χ4v) is 2.16. The number of allylic oxidation sites excluding steroid dienone is 1. The quantitative estimate of drug-likeness (QED) is 0.657. The molecule has 1 aliphatic carbocycles. The Balaban J connectivity index is 2.02. The highest BCUT2D eigenvalue weighted by molar-refractivity contribution is 6.09. The molecule has 0 aliphatic heterocycles. The van der Waals surface area contributed by atoms with Gasteiger partial charge < -0.3 is 5.11 Å². The predicted octanol–water partition coefficient (Wildman–Crippen LogP) is 2.73. The van der Waals surface area contributed by atoms with Crippen molar-refractivity contribution in [2.75, 3.05) is 0 Å². The van der Waals surface area contributed by atoms with Gasteiger partial charge in [0.2, 0.25) is 0 Å². The number of rotatable bonds is 3. The lowest BCUT2D eigenvalue weighted by Crippen LogP contribution is -2.25. The van der Waals surface area contributed by atoms with Gasteiger partial charge in [0.25, 0.3) is 0 Å². The number of phenols is 1. The Bertz CT molecular complexity index is 471. The Morgan fingerprint density at radius 2 is 1.94 bits per heavy atom. The lowest BCUT2D eigenvalue weighted by molar-refractivity contribution is -0.131. The third-order valence-corrected chi connectivity index (χ3v) is 3.23. The first-order chi connectivity index (χ1) is 8.66. The van der Waals surface area contributed by atoms with Gasteiger partial charge in [-0.1, -0.05) is 24.6 Å². The van der Waals surface area contributed by atoms with Crippen LogP contribution in [0.15, 0.2) is 30.3 Å². The van der Waals surface area contributed by atoms with Gasteiger partial charge in [0.1, 0.15) is 11.5 Å². The van der Waals surface area contributed by atoms with Crippen LogP contribution < -0.4 is 0 Å². The summed E-state index contributed by atoms with van der Waals surface area (Å²) >= 11 is 0. The molecule has 1 aromatic carbocycles. The number of ketones is 2. The minimum Gasteiger partial charge on any atom is -0.508 e. The minimum atomic E-state index is -0.438. The van der Waals surface area contributed by atoms with Crippen molar-refractivity contribution in [2.45, 2.75) is 25.7 Å². The molecule has 18 heavy (non-hydrogen) atoms. The van der Waals surface area contributed by atoms with Gasteiger partial charge in [-0.25, -0.2) is 0 Å². The summed E-state index contributed by atoms with van der Waals surface area (Å²) in [6.45, 7) is 0. The van der Waals surface area contributed by atoms with Gasteiger partial charge in [0, 0.05) is 6.42 Å². The van der Waals surface area contributed by atoms with Crippen molar-refractivity contribution in [3.8, 4) is 5.75 Å². The van der Waals surface area contributed by atoms with E-state index in [-0.39, 0.29) is 17.3 Å². The van der Waals surface area contributed by atoms with E-state index in [0.717, 1.165) is 18.4 Å². The smallest absolute Gasteiger partial charge is 0.166 e. The molecule has 2 rings (SSSR count). The van der Waals surface area contributed by atoms with Crippen LogP contribution in [0.1, 0.15) is 31.2 Å². The summed E-state index contributed by atoms with van der Waals surface area (Å²) < 4.78 is 0. The van der Waals surface area contributed by atoms with E-state index in [0.29, 0.717) is 12.8 Å². The van der Waals surface area contributed by atoms with Crippen LogP contribution in [0, 0.1) is 5.92 Å². The van der Waals surface area contributed by atoms with Crippen LogP contribution in [0.2, 0.25) is 0 Å². The second kappa shape index (κ2) is 5.63. The number of carbonyl (C=O) groups is 2. The average Bonchev–Trinajstić information content (AvgIpc) is 2.38. The van der Waals surface area contributed by atoms with E-state index in [9.17, 15) is 9.59 Å². The zero-order valence-corrected chi connectivity index (χ0v) is 10.1. The first-order valence-corrected chi connectivity index (χ1v) is 6.20. The van der Waals surface area contributed by atoms with Crippen LogP contribution in [0.3, 0.4) is 0 Å². The number of aromatic hydroxyl groups is 1. The van der Waals surface area contributed by atoms with E-state index in [1.54, 1.807) is 30.3 Å². The molecule has 94 valence electrons. The number of phenolic OH excluding ortho intramolecular Hbond substituents is 1. The number of Topliss-reactive ketones (excluding diaryl/α,β-unsaturated/α-hetero) is 1. The molecule has 0 spiro atoms. The van der Waals surface area contributed by atoms with Gasteiger partial charge in [0.15, 0.2) is 5.78 Å².